The maximum absolute atomic E-state index is 9.20. The Kier molecular flexibility index (Phi) is 6.99. The van der Waals surface area contributed by atoms with E-state index < -0.39 is 0 Å². The summed E-state index contributed by atoms with van der Waals surface area (Å²) in [7, 11) is 2.23. The first kappa shape index (κ1) is 21.9. The number of hydrogen-bond acceptors (Lipinski definition) is 3. The molecule has 0 unspecified atom stereocenters. The molecule has 4 nitrogen and oxygen atoms in total. The van der Waals surface area contributed by atoms with E-state index in [-0.39, 0.29) is 0 Å². The van der Waals surface area contributed by atoms with Crippen molar-refractivity contribution in [2.45, 2.75) is 52.6 Å². The second-order valence-corrected chi connectivity index (χ2v) is 9.51. The number of anilines is 1. The molecule has 0 aliphatic carbocycles. The van der Waals surface area contributed by atoms with Crippen molar-refractivity contribution in [3.8, 4) is 0 Å². The van der Waals surface area contributed by atoms with Crippen LogP contribution in [0.25, 0.3) is 10.8 Å². The molecule has 0 bridgehead atoms. The average molecular weight is 420 g/mol. The van der Waals surface area contributed by atoms with Crippen LogP contribution < -0.4 is 4.90 Å². The lowest BCUT2D eigenvalue weighted by atomic mass is 10.0. The molecule has 3 aromatic rings. The standard InChI is InChI=1S/C27H37N3O/c1-21(2)16-30-20-28(3)18-25-26(14-5-4-8-15-31)29(19-27(25)30)17-23-12-9-11-22-10-6-7-13-24(22)23/h6-7,9-13,19,21,31H,4-5,8,14-18,20H2,1-3H3. The van der Waals surface area contributed by atoms with Gasteiger partial charge in [0.15, 0.2) is 0 Å². The van der Waals surface area contributed by atoms with Gasteiger partial charge >= 0.3 is 0 Å². The van der Waals surface area contributed by atoms with Crippen LogP contribution in [0.15, 0.2) is 48.7 Å². The van der Waals surface area contributed by atoms with Gasteiger partial charge in [-0.25, -0.2) is 0 Å². The van der Waals surface area contributed by atoms with Gasteiger partial charge < -0.3 is 14.6 Å². The lowest BCUT2D eigenvalue weighted by Gasteiger charge is -2.36. The van der Waals surface area contributed by atoms with Crippen LogP contribution in [0, 0.1) is 5.92 Å². The highest BCUT2D eigenvalue weighted by atomic mass is 16.2. The number of aliphatic hydroxyl groups is 1. The molecule has 4 rings (SSSR count). The Morgan fingerprint density at radius 2 is 1.81 bits per heavy atom. The number of fused-ring (bicyclic) bond motifs is 2. The number of rotatable bonds is 9. The van der Waals surface area contributed by atoms with Crippen LogP contribution in [-0.2, 0) is 19.5 Å². The Bertz CT molecular complexity index is 1000. The maximum atomic E-state index is 9.20. The van der Waals surface area contributed by atoms with Gasteiger partial charge in [0.25, 0.3) is 0 Å². The van der Waals surface area contributed by atoms with Crippen molar-refractivity contribution >= 4 is 16.5 Å². The molecule has 0 saturated heterocycles. The van der Waals surface area contributed by atoms with E-state index in [0.29, 0.717) is 12.5 Å². The lowest BCUT2D eigenvalue weighted by Crippen LogP contribution is -2.41. The molecule has 0 spiro atoms. The third-order valence-electron chi connectivity index (χ3n) is 6.34. The summed E-state index contributed by atoms with van der Waals surface area (Å²) in [6.07, 6.45) is 6.58. The van der Waals surface area contributed by atoms with Crippen molar-refractivity contribution in [3.05, 3.63) is 65.5 Å². The van der Waals surface area contributed by atoms with Crippen LogP contribution in [0.1, 0.15) is 49.9 Å². The number of hydrogen-bond donors (Lipinski definition) is 1. The van der Waals surface area contributed by atoms with Crippen molar-refractivity contribution in [1.29, 1.82) is 0 Å². The topological polar surface area (TPSA) is 31.6 Å². The summed E-state index contributed by atoms with van der Waals surface area (Å²) in [5.74, 6) is 0.633. The second-order valence-electron chi connectivity index (χ2n) is 9.51. The monoisotopic (exact) mass is 419 g/mol. The van der Waals surface area contributed by atoms with Gasteiger partial charge in [-0.3, -0.25) is 4.90 Å². The summed E-state index contributed by atoms with van der Waals surface area (Å²) in [6, 6.07) is 15.4. The number of nitrogens with zero attached hydrogens (tertiary/aromatic N) is 3. The van der Waals surface area contributed by atoms with Gasteiger partial charge in [0.2, 0.25) is 0 Å². The lowest BCUT2D eigenvalue weighted by molar-refractivity contribution is 0.282. The molecule has 1 aromatic heterocycles. The van der Waals surface area contributed by atoms with Crippen molar-refractivity contribution in [3.63, 3.8) is 0 Å². The molecule has 1 aliphatic rings. The normalized spacial score (nSPS) is 14.5. The predicted octanol–water partition coefficient (Wildman–Crippen LogP) is 5.26. The van der Waals surface area contributed by atoms with Gasteiger partial charge in [-0.2, -0.15) is 0 Å². The molecule has 166 valence electrons. The highest BCUT2D eigenvalue weighted by molar-refractivity contribution is 5.85. The van der Waals surface area contributed by atoms with E-state index >= 15 is 0 Å². The minimum atomic E-state index is 0.292. The van der Waals surface area contributed by atoms with Crippen LogP contribution in [-0.4, -0.2) is 41.4 Å². The maximum Gasteiger partial charge on any atom is 0.0708 e. The van der Waals surface area contributed by atoms with Crippen molar-refractivity contribution in [1.82, 2.24) is 9.47 Å². The fraction of sp³-hybridized carbons (Fsp3) is 0.481. The third kappa shape index (κ3) is 4.97. The fourth-order valence-corrected chi connectivity index (χ4v) is 4.98. The first-order chi connectivity index (χ1) is 15.1. The van der Waals surface area contributed by atoms with Crippen molar-refractivity contribution < 1.29 is 5.11 Å². The fourth-order valence-electron chi connectivity index (χ4n) is 4.98. The van der Waals surface area contributed by atoms with Gasteiger partial charge in [0.1, 0.15) is 0 Å². The summed E-state index contributed by atoms with van der Waals surface area (Å²) >= 11 is 0. The Morgan fingerprint density at radius 3 is 2.61 bits per heavy atom. The molecule has 0 amide bonds. The van der Waals surface area contributed by atoms with Crippen LogP contribution in [0.4, 0.5) is 5.69 Å². The van der Waals surface area contributed by atoms with Gasteiger partial charge in [-0.15, -0.1) is 0 Å². The zero-order valence-electron chi connectivity index (χ0n) is 19.3. The summed E-state index contributed by atoms with van der Waals surface area (Å²) in [6.45, 7) is 8.89. The van der Waals surface area contributed by atoms with Gasteiger partial charge in [0.05, 0.1) is 12.4 Å². The molecule has 0 atom stereocenters. The van der Waals surface area contributed by atoms with Gasteiger partial charge in [-0.1, -0.05) is 62.7 Å². The summed E-state index contributed by atoms with van der Waals surface area (Å²) in [4.78, 5) is 4.99. The summed E-state index contributed by atoms with van der Waals surface area (Å²) in [5, 5.41) is 11.9. The van der Waals surface area contributed by atoms with Crippen LogP contribution in [0.5, 0.6) is 0 Å². The van der Waals surface area contributed by atoms with Gasteiger partial charge in [-0.05, 0) is 48.6 Å². The highest BCUT2D eigenvalue weighted by Crippen LogP contribution is 2.34. The summed E-state index contributed by atoms with van der Waals surface area (Å²) < 4.78 is 2.51. The van der Waals surface area contributed by atoms with E-state index in [1.807, 2.05) is 0 Å². The zero-order chi connectivity index (χ0) is 21.8. The Balaban J connectivity index is 1.71. The Labute approximate surface area is 187 Å². The first-order valence-electron chi connectivity index (χ1n) is 11.8. The average Bonchev–Trinajstić information content (AvgIpc) is 3.08. The molecule has 0 radical (unpaired) electrons. The molecule has 2 aromatic carbocycles. The number of aliphatic hydroxyl groups excluding tert-OH is 1. The highest BCUT2D eigenvalue weighted by Gasteiger charge is 2.26. The van der Waals surface area contributed by atoms with Crippen molar-refractivity contribution in [2.24, 2.45) is 5.92 Å². The predicted molar refractivity (Wildman–Crippen MR) is 131 cm³/mol. The third-order valence-corrected chi connectivity index (χ3v) is 6.34. The number of aromatic nitrogens is 1. The van der Waals surface area contributed by atoms with E-state index in [9.17, 15) is 5.11 Å². The summed E-state index contributed by atoms with van der Waals surface area (Å²) in [5.41, 5.74) is 5.77. The van der Waals surface area contributed by atoms with E-state index in [4.69, 9.17) is 0 Å². The molecule has 2 heterocycles. The first-order valence-corrected chi connectivity index (χ1v) is 11.8. The number of unbranched alkanes of at least 4 members (excludes halogenated alkanes) is 2. The molecule has 1 aliphatic heterocycles. The molecule has 0 fully saturated rings. The molecule has 4 heteroatoms. The molecular formula is C27H37N3O. The van der Waals surface area contributed by atoms with Crippen molar-refractivity contribution in [2.75, 3.05) is 31.8 Å². The van der Waals surface area contributed by atoms with Crippen LogP contribution >= 0.6 is 0 Å². The molecular weight excluding hydrogens is 382 g/mol. The Hall–Kier alpha value is -2.30. The van der Waals surface area contributed by atoms with Crippen LogP contribution in [0.3, 0.4) is 0 Å². The smallest absolute Gasteiger partial charge is 0.0708 e. The van der Waals surface area contributed by atoms with Gasteiger partial charge in [0, 0.05) is 43.7 Å². The molecule has 1 N–H and O–H groups in total. The second kappa shape index (κ2) is 9.88. The minimum Gasteiger partial charge on any atom is -0.396 e. The zero-order valence-corrected chi connectivity index (χ0v) is 19.3. The van der Waals surface area contributed by atoms with E-state index in [1.165, 1.54) is 33.3 Å². The molecule has 0 saturated carbocycles. The van der Waals surface area contributed by atoms with E-state index in [0.717, 1.165) is 52.0 Å². The van der Waals surface area contributed by atoms with E-state index in [2.05, 4.69) is 83.9 Å². The van der Waals surface area contributed by atoms with Crippen LogP contribution in [0.2, 0.25) is 0 Å². The minimum absolute atomic E-state index is 0.292. The largest absolute Gasteiger partial charge is 0.396 e. The SMILES string of the molecule is CC(C)CN1CN(C)Cc2c1cn(Cc1cccc3ccccc13)c2CCCCCO. The quantitative estimate of drug-likeness (QED) is 0.480. The molecule has 31 heavy (non-hydrogen) atoms. The number of benzene rings is 2. The van der Waals surface area contributed by atoms with E-state index in [1.54, 1.807) is 0 Å². The Morgan fingerprint density at radius 1 is 1.00 bits per heavy atom.